The second kappa shape index (κ2) is 4.97. The second-order valence-corrected chi connectivity index (χ2v) is 4.68. The summed E-state index contributed by atoms with van der Waals surface area (Å²) < 4.78 is 5.68. The van der Waals surface area contributed by atoms with Gasteiger partial charge >= 0.3 is 5.97 Å². The predicted molar refractivity (Wildman–Crippen MR) is 76.1 cm³/mol. The molecule has 1 N–H and O–H groups in total. The molecule has 3 rings (SSSR count). The van der Waals surface area contributed by atoms with Crippen LogP contribution in [0, 0.1) is 6.92 Å². The Morgan fingerprint density at radius 1 is 1.33 bits per heavy atom. The molecule has 21 heavy (non-hydrogen) atoms. The van der Waals surface area contributed by atoms with Crippen molar-refractivity contribution >= 4 is 17.1 Å². The summed E-state index contributed by atoms with van der Waals surface area (Å²) in [6.07, 6.45) is 0.688. The minimum Gasteiger partial charge on any atom is -0.478 e. The van der Waals surface area contributed by atoms with Gasteiger partial charge in [0.05, 0.1) is 17.0 Å². The van der Waals surface area contributed by atoms with E-state index in [0.29, 0.717) is 17.8 Å². The van der Waals surface area contributed by atoms with E-state index in [1.165, 1.54) is 6.07 Å². The molecule has 0 saturated carbocycles. The molecule has 0 radical (unpaired) electrons. The summed E-state index contributed by atoms with van der Waals surface area (Å²) in [6.45, 7) is 3.80. The summed E-state index contributed by atoms with van der Waals surface area (Å²) in [6, 6.07) is 6.71. The zero-order valence-corrected chi connectivity index (χ0v) is 11.6. The Hall–Kier alpha value is -2.76. The molecule has 0 fully saturated rings. The lowest BCUT2D eigenvalue weighted by molar-refractivity contribution is 0.0698. The smallest absolute Gasteiger partial charge is 0.339 e. The minimum atomic E-state index is -1.04. The van der Waals surface area contributed by atoms with Crippen LogP contribution in [0.2, 0.25) is 0 Å². The Morgan fingerprint density at radius 3 is 2.86 bits per heavy atom. The van der Waals surface area contributed by atoms with Gasteiger partial charge in [-0.1, -0.05) is 13.0 Å². The summed E-state index contributed by atoms with van der Waals surface area (Å²) in [5, 5.41) is 17.4. The Bertz CT molecular complexity index is 839. The highest BCUT2D eigenvalue weighted by Gasteiger charge is 2.18. The van der Waals surface area contributed by atoms with Crippen LogP contribution in [0.5, 0.6) is 0 Å². The Balaban J connectivity index is 2.25. The average Bonchev–Trinajstić information content (AvgIpc) is 2.90. The maximum absolute atomic E-state index is 11.2. The fourth-order valence-corrected chi connectivity index (χ4v) is 2.19. The van der Waals surface area contributed by atoms with E-state index in [1.54, 1.807) is 12.1 Å². The monoisotopic (exact) mass is 283 g/mol. The van der Waals surface area contributed by atoms with Crippen LogP contribution >= 0.6 is 0 Å². The average molecular weight is 283 g/mol. The zero-order valence-electron chi connectivity index (χ0n) is 11.6. The van der Waals surface area contributed by atoms with Crippen LogP contribution in [-0.2, 0) is 6.42 Å². The number of fused-ring (bicyclic) bond motifs is 1. The number of nitrogens with zero attached hydrogens (tertiary/aromatic N) is 3. The first-order valence-corrected chi connectivity index (χ1v) is 6.56. The minimum absolute atomic E-state index is 0.100. The van der Waals surface area contributed by atoms with Crippen LogP contribution < -0.4 is 0 Å². The first kappa shape index (κ1) is 13.2. The Morgan fingerprint density at radius 2 is 2.14 bits per heavy atom. The van der Waals surface area contributed by atoms with Crippen LogP contribution in [0.1, 0.15) is 28.7 Å². The number of oxazole rings is 1. The molecule has 0 aliphatic heterocycles. The molecule has 2 heterocycles. The normalized spacial score (nSPS) is 11.0. The van der Waals surface area contributed by atoms with Crippen LogP contribution in [0.3, 0.4) is 0 Å². The van der Waals surface area contributed by atoms with Crippen LogP contribution in [-0.4, -0.2) is 26.3 Å². The lowest BCUT2D eigenvalue weighted by Gasteiger charge is -2.02. The summed E-state index contributed by atoms with van der Waals surface area (Å²) in [5.74, 6) is -0.670. The van der Waals surface area contributed by atoms with Crippen molar-refractivity contribution in [3.05, 3.63) is 41.2 Å². The van der Waals surface area contributed by atoms with Gasteiger partial charge in [-0.15, -0.1) is 0 Å². The molecular weight excluding hydrogens is 270 g/mol. The van der Waals surface area contributed by atoms with Gasteiger partial charge in [0.2, 0.25) is 5.89 Å². The van der Waals surface area contributed by atoms with Crippen molar-refractivity contribution in [3.8, 4) is 11.5 Å². The standard InChI is InChI=1S/C15H13N3O3/c1-3-11-10(7-8(2)17-18-11)14-16-12-6-4-5-9(15(19)20)13(12)21-14/h4-7H,3H2,1-2H3,(H,19,20). The molecule has 1 aromatic carbocycles. The molecule has 6 nitrogen and oxygen atoms in total. The summed E-state index contributed by atoms with van der Waals surface area (Å²) >= 11 is 0. The van der Waals surface area contributed by atoms with E-state index in [0.717, 1.165) is 17.0 Å². The summed E-state index contributed by atoms with van der Waals surface area (Å²) in [5.41, 5.74) is 3.16. The number of aromatic carboxylic acids is 1. The topological polar surface area (TPSA) is 89.1 Å². The lowest BCUT2D eigenvalue weighted by atomic mass is 10.1. The van der Waals surface area contributed by atoms with Crippen LogP contribution in [0.15, 0.2) is 28.7 Å². The largest absolute Gasteiger partial charge is 0.478 e. The highest BCUT2D eigenvalue weighted by atomic mass is 16.4. The maximum Gasteiger partial charge on any atom is 0.339 e. The SMILES string of the molecule is CCc1nnc(C)cc1-c1nc2cccc(C(=O)O)c2o1. The number of rotatable bonds is 3. The molecule has 0 aliphatic carbocycles. The van der Waals surface area contributed by atoms with Crippen molar-refractivity contribution in [1.82, 2.24) is 15.2 Å². The van der Waals surface area contributed by atoms with E-state index >= 15 is 0 Å². The number of hydrogen-bond donors (Lipinski definition) is 1. The Kier molecular flexibility index (Phi) is 3.13. The first-order valence-electron chi connectivity index (χ1n) is 6.56. The van der Waals surface area contributed by atoms with Gasteiger partial charge in [0, 0.05) is 0 Å². The number of para-hydroxylation sites is 1. The van der Waals surface area contributed by atoms with Gasteiger partial charge < -0.3 is 9.52 Å². The van der Waals surface area contributed by atoms with E-state index in [4.69, 9.17) is 4.42 Å². The number of hydrogen-bond acceptors (Lipinski definition) is 5. The maximum atomic E-state index is 11.2. The molecule has 106 valence electrons. The van der Waals surface area contributed by atoms with Gasteiger partial charge in [-0.2, -0.15) is 10.2 Å². The van der Waals surface area contributed by atoms with Crippen LogP contribution in [0.25, 0.3) is 22.6 Å². The van der Waals surface area contributed by atoms with Crippen molar-refractivity contribution in [3.63, 3.8) is 0 Å². The molecule has 0 aliphatic rings. The molecule has 0 amide bonds. The van der Waals surface area contributed by atoms with Crippen molar-refractivity contribution in [2.75, 3.05) is 0 Å². The highest BCUT2D eigenvalue weighted by Crippen LogP contribution is 2.28. The van der Waals surface area contributed by atoms with Gasteiger partial charge in [-0.25, -0.2) is 9.78 Å². The fraction of sp³-hybridized carbons (Fsp3) is 0.200. The fourth-order valence-electron chi connectivity index (χ4n) is 2.19. The molecule has 0 saturated heterocycles. The summed E-state index contributed by atoms with van der Waals surface area (Å²) in [4.78, 5) is 15.6. The van der Waals surface area contributed by atoms with E-state index in [1.807, 2.05) is 19.9 Å². The molecule has 0 bridgehead atoms. The Labute approximate surface area is 120 Å². The third-order valence-corrected chi connectivity index (χ3v) is 3.20. The van der Waals surface area contributed by atoms with E-state index in [2.05, 4.69) is 15.2 Å². The van der Waals surface area contributed by atoms with Gasteiger partial charge in [0.1, 0.15) is 11.1 Å². The zero-order chi connectivity index (χ0) is 15.0. The molecule has 3 aromatic rings. The molecule has 0 atom stereocenters. The van der Waals surface area contributed by atoms with Crippen molar-refractivity contribution < 1.29 is 14.3 Å². The van der Waals surface area contributed by atoms with E-state index in [9.17, 15) is 9.90 Å². The van der Waals surface area contributed by atoms with Crippen molar-refractivity contribution in [2.45, 2.75) is 20.3 Å². The third kappa shape index (κ3) is 2.24. The number of carboxylic acids is 1. The number of aryl methyl sites for hydroxylation is 2. The molecule has 6 heteroatoms. The van der Waals surface area contributed by atoms with Gasteiger partial charge in [-0.05, 0) is 31.5 Å². The number of benzene rings is 1. The van der Waals surface area contributed by atoms with Crippen LogP contribution in [0.4, 0.5) is 0 Å². The van der Waals surface area contributed by atoms with E-state index < -0.39 is 5.97 Å². The highest BCUT2D eigenvalue weighted by molar-refractivity contribution is 6.00. The molecule has 0 spiro atoms. The lowest BCUT2D eigenvalue weighted by Crippen LogP contribution is -1.97. The molecule has 2 aromatic heterocycles. The van der Waals surface area contributed by atoms with E-state index in [-0.39, 0.29) is 11.1 Å². The van der Waals surface area contributed by atoms with Crippen molar-refractivity contribution in [2.24, 2.45) is 0 Å². The van der Waals surface area contributed by atoms with Gasteiger partial charge in [0.25, 0.3) is 0 Å². The predicted octanol–water partition coefficient (Wildman–Crippen LogP) is 2.85. The number of aromatic nitrogens is 3. The number of carbonyl (C=O) groups is 1. The quantitative estimate of drug-likeness (QED) is 0.795. The third-order valence-electron chi connectivity index (χ3n) is 3.20. The van der Waals surface area contributed by atoms with Gasteiger partial charge in [0.15, 0.2) is 5.58 Å². The summed E-state index contributed by atoms with van der Waals surface area (Å²) in [7, 11) is 0. The molecule has 0 unspecified atom stereocenters. The van der Waals surface area contributed by atoms with Crippen molar-refractivity contribution in [1.29, 1.82) is 0 Å². The molecular formula is C15H13N3O3. The van der Waals surface area contributed by atoms with Gasteiger partial charge in [-0.3, -0.25) is 0 Å². The number of carboxylic acid groups (broad SMARTS) is 1. The first-order chi connectivity index (χ1) is 10.1. The second-order valence-electron chi connectivity index (χ2n) is 4.68.